The lowest BCUT2D eigenvalue weighted by Crippen LogP contribution is -2.10. The lowest BCUT2D eigenvalue weighted by atomic mass is 9.88. The van der Waals surface area contributed by atoms with Crippen molar-refractivity contribution in [1.82, 2.24) is 0 Å². The molecule has 0 amide bonds. The summed E-state index contributed by atoms with van der Waals surface area (Å²) in [7, 11) is 0. The molecule has 0 N–H and O–H groups in total. The Bertz CT molecular complexity index is 4190. The number of fused-ring (bicyclic) bond motifs is 16. The van der Waals surface area contributed by atoms with Crippen molar-refractivity contribution in [2.75, 3.05) is 4.90 Å². The van der Waals surface area contributed by atoms with Crippen LogP contribution in [-0.4, -0.2) is 0 Å². The van der Waals surface area contributed by atoms with Gasteiger partial charge >= 0.3 is 0 Å². The second kappa shape index (κ2) is 14.4. The minimum Gasteiger partial charge on any atom is -0.456 e. The molecule has 1 heterocycles. The van der Waals surface area contributed by atoms with Crippen LogP contribution in [0.25, 0.3) is 108 Å². The van der Waals surface area contributed by atoms with Gasteiger partial charge in [0.1, 0.15) is 11.5 Å². The normalized spacial score (nSPS) is 12.1. The van der Waals surface area contributed by atoms with Gasteiger partial charge in [0.25, 0.3) is 0 Å². The number of ether oxygens (including phenoxy) is 1. The first-order chi connectivity index (χ1) is 32.7. The summed E-state index contributed by atoms with van der Waals surface area (Å²) < 4.78 is 6.62. The maximum atomic E-state index is 6.62. The highest BCUT2D eigenvalue weighted by atomic mass is 16.5. The first-order valence-electron chi connectivity index (χ1n) is 22.7. The van der Waals surface area contributed by atoms with Gasteiger partial charge in [-0.25, -0.2) is 0 Å². The molecule has 2 nitrogen and oxygen atoms in total. The summed E-state index contributed by atoms with van der Waals surface area (Å²) in [6.07, 6.45) is 0. The van der Waals surface area contributed by atoms with Crippen molar-refractivity contribution >= 4 is 103 Å². The molecule has 1 aliphatic heterocycles. The Kier molecular flexibility index (Phi) is 8.02. The van der Waals surface area contributed by atoms with Gasteiger partial charge in [0.05, 0.1) is 0 Å². The van der Waals surface area contributed by atoms with Crippen molar-refractivity contribution in [3.63, 3.8) is 0 Å². The molecule has 66 heavy (non-hydrogen) atoms. The second-order valence-corrected chi connectivity index (χ2v) is 17.5. The van der Waals surface area contributed by atoms with Gasteiger partial charge in [0, 0.05) is 28.2 Å². The maximum absolute atomic E-state index is 6.62. The zero-order valence-electron chi connectivity index (χ0n) is 35.9. The van der Waals surface area contributed by atoms with Crippen LogP contribution in [0.15, 0.2) is 237 Å². The number of hydrogen-bond donors (Lipinski definition) is 0. The van der Waals surface area contributed by atoms with Crippen LogP contribution < -0.4 is 9.64 Å². The van der Waals surface area contributed by atoms with E-state index in [1.807, 2.05) is 6.07 Å². The van der Waals surface area contributed by atoms with E-state index in [0.29, 0.717) is 0 Å². The highest BCUT2D eigenvalue weighted by Crippen LogP contribution is 2.50. The van der Waals surface area contributed by atoms with Gasteiger partial charge in [-0.05, 0) is 152 Å². The Hall–Kier alpha value is -8.72. The third-order valence-electron chi connectivity index (χ3n) is 14.0. The van der Waals surface area contributed by atoms with E-state index in [-0.39, 0.29) is 0 Å². The zero-order chi connectivity index (χ0) is 43.3. The summed E-state index contributed by atoms with van der Waals surface area (Å²) in [6, 6.07) is 87.0. The molecule has 1 aliphatic rings. The summed E-state index contributed by atoms with van der Waals surface area (Å²) in [4.78, 5) is 2.41. The van der Waals surface area contributed by atoms with E-state index >= 15 is 0 Å². The molecular weight excluding hydrogens is 799 g/mol. The molecule has 0 unspecified atom stereocenters. The topological polar surface area (TPSA) is 12.5 Å². The van der Waals surface area contributed by atoms with Crippen molar-refractivity contribution < 1.29 is 4.74 Å². The second-order valence-electron chi connectivity index (χ2n) is 17.5. The van der Waals surface area contributed by atoms with Crippen LogP contribution in [-0.2, 0) is 0 Å². The smallest absolute Gasteiger partial charge is 0.135 e. The third kappa shape index (κ3) is 5.49. The fourth-order valence-electron chi connectivity index (χ4n) is 11.1. The molecule has 13 aromatic carbocycles. The molecule has 0 aliphatic carbocycles. The number of anilines is 3. The Balaban J connectivity index is 1.15. The number of nitrogens with zero attached hydrogens (tertiary/aromatic N) is 1. The average molecular weight is 838 g/mol. The van der Waals surface area contributed by atoms with E-state index < -0.39 is 0 Å². The van der Waals surface area contributed by atoms with E-state index in [1.165, 1.54) is 86.2 Å². The Labute approximate surface area is 381 Å². The third-order valence-corrected chi connectivity index (χ3v) is 14.0. The first kappa shape index (κ1) is 36.7. The molecule has 0 aromatic heterocycles. The van der Waals surface area contributed by atoms with Gasteiger partial charge in [0.15, 0.2) is 0 Å². The van der Waals surface area contributed by atoms with Crippen LogP contribution in [0.1, 0.15) is 0 Å². The highest BCUT2D eigenvalue weighted by Gasteiger charge is 2.23. The predicted molar refractivity (Wildman–Crippen MR) is 281 cm³/mol. The molecule has 14 rings (SSSR count). The van der Waals surface area contributed by atoms with E-state index in [1.54, 1.807) is 0 Å². The van der Waals surface area contributed by atoms with E-state index in [0.717, 1.165) is 50.8 Å². The lowest BCUT2D eigenvalue weighted by molar-refractivity contribution is 0.488. The average Bonchev–Trinajstić information content (AvgIpc) is 3.52. The largest absolute Gasteiger partial charge is 0.456 e. The molecule has 0 fully saturated rings. The molecule has 13 aromatic rings. The summed E-state index contributed by atoms with van der Waals surface area (Å²) in [5.74, 6) is 1.71. The molecule has 306 valence electrons. The van der Waals surface area contributed by atoms with Crippen molar-refractivity contribution in [2.45, 2.75) is 0 Å². The summed E-state index contributed by atoms with van der Waals surface area (Å²) in [5.41, 5.74) is 7.63. The molecule has 0 bridgehead atoms. The molecule has 0 radical (unpaired) electrons. The number of benzene rings is 12. The summed E-state index contributed by atoms with van der Waals surface area (Å²) in [6.45, 7) is 0. The number of rotatable bonds is 3. The number of hydrogen-bond acceptors (Lipinski definition) is 2. The Morgan fingerprint density at radius 2 is 0.727 bits per heavy atom. The van der Waals surface area contributed by atoms with Crippen LogP contribution in [0.3, 0.4) is 0 Å². The van der Waals surface area contributed by atoms with E-state index in [4.69, 9.17) is 4.74 Å². The van der Waals surface area contributed by atoms with Crippen molar-refractivity contribution in [3.8, 4) is 33.8 Å². The number of para-hydroxylation sites is 3. The van der Waals surface area contributed by atoms with E-state index in [9.17, 15) is 0 Å². The summed E-state index contributed by atoms with van der Waals surface area (Å²) >= 11 is 0. The lowest BCUT2D eigenvalue weighted by Gasteiger charge is -2.27. The van der Waals surface area contributed by atoms with Crippen molar-refractivity contribution in [2.24, 2.45) is 0 Å². The molecule has 0 spiro atoms. The van der Waals surface area contributed by atoms with Gasteiger partial charge in [-0.1, -0.05) is 182 Å². The molecular formula is C64H39NO. The van der Waals surface area contributed by atoms with Crippen LogP contribution >= 0.6 is 0 Å². The SMILES string of the molecule is c1ccc(N(c2ccc3c(c2)-c2ccccc2Oc2ccccc2-3)c2ccc3c(c2)c2ccccc2c2ccccc2c2ccccc2c2c3cc3ccc4cccc5ccc2c3c45)cc1. The molecule has 2 heteroatoms. The molecule has 0 atom stereocenters. The standard InChI is InChI=1S/C64H39NO/c1-2-17-43(18-3-1)65(45-32-35-51-53-24-10-12-27-60(53)66-61-28-13-11-25-54(61)58(51)39-45)44-33-36-52-57(38-44)50-23-7-6-21-48(50)46-19-4-5-20-47(46)49-22-8-9-26-55(49)64-56-34-31-41-16-14-15-40-29-30-42(37-59(52)64)63(56)62(40)41/h1-39H. The van der Waals surface area contributed by atoms with Gasteiger partial charge < -0.3 is 9.64 Å². The van der Waals surface area contributed by atoms with Crippen molar-refractivity contribution in [1.29, 1.82) is 0 Å². The fraction of sp³-hybridized carbons (Fsp3) is 0. The first-order valence-corrected chi connectivity index (χ1v) is 22.7. The van der Waals surface area contributed by atoms with Crippen molar-refractivity contribution in [3.05, 3.63) is 237 Å². The monoisotopic (exact) mass is 837 g/mol. The Morgan fingerprint density at radius 3 is 1.42 bits per heavy atom. The Morgan fingerprint density at radius 1 is 0.227 bits per heavy atom. The van der Waals surface area contributed by atoms with Crippen LogP contribution in [0.5, 0.6) is 11.5 Å². The highest BCUT2D eigenvalue weighted by molar-refractivity contribution is 6.36. The van der Waals surface area contributed by atoms with Crippen LogP contribution in [0.2, 0.25) is 0 Å². The molecule has 0 saturated heterocycles. The van der Waals surface area contributed by atoms with Gasteiger partial charge in [-0.15, -0.1) is 0 Å². The summed E-state index contributed by atoms with van der Waals surface area (Å²) in [5, 5.41) is 19.8. The van der Waals surface area contributed by atoms with Gasteiger partial charge in [-0.2, -0.15) is 0 Å². The maximum Gasteiger partial charge on any atom is 0.135 e. The minimum absolute atomic E-state index is 0.850. The predicted octanol–water partition coefficient (Wildman–Crippen LogP) is 18.4. The fourth-order valence-corrected chi connectivity index (χ4v) is 11.1. The minimum atomic E-state index is 0.850. The van der Waals surface area contributed by atoms with E-state index in [2.05, 4.69) is 235 Å². The van der Waals surface area contributed by atoms with Crippen LogP contribution in [0, 0.1) is 0 Å². The van der Waals surface area contributed by atoms with Crippen LogP contribution in [0.4, 0.5) is 17.1 Å². The zero-order valence-corrected chi connectivity index (χ0v) is 35.9. The quantitative estimate of drug-likeness (QED) is 0.164. The van der Waals surface area contributed by atoms with Gasteiger partial charge in [-0.3, -0.25) is 0 Å². The van der Waals surface area contributed by atoms with Gasteiger partial charge in [0.2, 0.25) is 0 Å². The molecule has 0 saturated carbocycles.